The minimum atomic E-state index is -2.18. The standard InChI is InChI=1S/C5H6N2O2S/c1-4-6-3-2-5(7-4)10(8)9/h2-3H,1H3,(H,6,7). The molecule has 0 saturated heterocycles. The van der Waals surface area contributed by atoms with Crippen molar-refractivity contribution in [1.82, 2.24) is 9.97 Å². The van der Waals surface area contributed by atoms with Gasteiger partial charge in [0, 0.05) is 6.20 Å². The second-order valence-electron chi connectivity index (χ2n) is 1.75. The van der Waals surface area contributed by atoms with Crippen molar-refractivity contribution in [2.24, 2.45) is 0 Å². The lowest BCUT2D eigenvalue weighted by atomic mass is 10.6. The van der Waals surface area contributed by atoms with Gasteiger partial charge in [0.1, 0.15) is 5.82 Å². The summed E-state index contributed by atoms with van der Waals surface area (Å²) < 4.78 is 20.7. The van der Waals surface area contributed by atoms with Crippen LogP contribution >= 0.6 is 0 Å². The predicted octanol–water partition coefficient (Wildman–Crippen LogP) is 0.129. The van der Waals surface area contributed by atoms with Crippen LogP contribution < -0.4 is 0 Å². The highest BCUT2D eigenvalue weighted by Gasteiger charge is 1.82. The molecule has 4 nitrogen and oxygen atoms in total. The Morgan fingerprint density at radius 1 is 1.60 bits per heavy atom. The lowest BCUT2D eigenvalue weighted by Crippen LogP contribution is -1.85. The van der Waals surface area contributed by atoms with E-state index in [2.05, 4.69) is 9.97 Å². The summed E-state index contributed by atoms with van der Waals surface area (Å²) in [7, 11) is -2.18. The van der Waals surface area contributed by atoms with Crippen molar-refractivity contribution in [3.8, 4) is 0 Å². The lowest BCUT2D eigenvalue weighted by molar-refractivity contribution is 0.624. The number of aryl methyl sites for hydroxylation is 1. The highest BCUT2D eigenvalue weighted by atomic mass is 32.2. The fraction of sp³-hybridized carbons (Fsp3) is 0.200. The molecule has 0 amide bonds. The maximum absolute atomic E-state index is 10.3. The quantitative estimate of drug-likeness (QED) is 0.546. The summed E-state index contributed by atoms with van der Waals surface area (Å²) in [4.78, 5) is 6.38. The van der Waals surface area contributed by atoms with Gasteiger partial charge < -0.3 is 4.98 Å². The molecule has 0 radical (unpaired) electrons. The number of H-pyrrole nitrogens is 1. The second kappa shape index (κ2) is 2.66. The van der Waals surface area contributed by atoms with Gasteiger partial charge in [0.05, 0.1) is 0 Å². The van der Waals surface area contributed by atoms with Gasteiger partial charge in [-0.15, -0.1) is 0 Å². The van der Waals surface area contributed by atoms with E-state index in [-0.39, 0.29) is 4.64 Å². The first kappa shape index (κ1) is 7.01. The van der Waals surface area contributed by atoms with Crippen LogP contribution in [0.4, 0.5) is 0 Å². The minimum Gasteiger partial charge on any atom is -0.331 e. The van der Waals surface area contributed by atoms with E-state index in [0.29, 0.717) is 5.82 Å². The molecular formula is C5H6N2O2S. The van der Waals surface area contributed by atoms with E-state index in [0.717, 1.165) is 0 Å². The van der Waals surface area contributed by atoms with Gasteiger partial charge >= 0.3 is 0 Å². The van der Waals surface area contributed by atoms with Crippen LogP contribution in [0.1, 0.15) is 5.82 Å². The molecular weight excluding hydrogens is 152 g/mol. The average Bonchev–Trinajstić information content (AvgIpc) is 1.88. The van der Waals surface area contributed by atoms with Crippen molar-refractivity contribution < 1.29 is 8.42 Å². The molecule has 0 atom stereocenters. The molecule has 0 unspecified atom stereocenters. The first-order chi connectivity index (χ1) is 4.70. The first-order valence-electron chi connectivity index (χ1n) is 2.64. The van der Waals surface area contributed by atoms with Crippen LogP contribution in [0.25, 0.3) is 0 Å². The molecule has 0 bridgehead atoms. The van der Waals surface area contributed by atoms with Crippen LogP contribution in [0.5, 0.6) is 0 Å². The Bertz CT molecular complexity index is 382. The summed E-state index contributed by atoms with van der Waals surface area (Å²) in [6, 6.07) is 1.40. The number of hydrogen-bond donors (Lipinski definition) is 1. The third-order valence-electron chi connectivity index (χ3n) is 0.978. The third-order valence-corrected chi connectivity index (χ3v) is 1.58. The number of nitrogens with one attached hydrogen (secondary N) is 1. The number of aromatic nitrogens is 2. The summed E-state index contributed by atoms with van der Waals surface area (Å²) in [5.41, 5.74) is 0. The molecule has 0 aliphatic heterocycles. The Morgan fingerprint density at radius 2 is 2.30 bits per heavy atom. The maximum atomic E-state index is 10.3. The normalized spacial score (nSPS) is 9.30. The second-order valence-corrected chi connectivity index (χ2v) is 2.66. The van der Waals surface area contributed by atoms with Crippen LogP contribution in [0.2, 0.25) is 0 Å². The summed E-state index contributed by atoms with van der Waals surface area (Å²) in [5, 5.41) is 0. The summed E-state index contributed by atoms with van der Waals surface area (Å²) >= 11 is 0. The fourth-order valence-corrected chi connectivity index (χ4v) is 0.969. The molecule has 0 spiro atoms. The van der Waals surface area contributed by atoms with Crippen molar-refractivity contribution >= 4 is 10.3 Å². The topological polar surface area (TPSA) is 62.8 Å². The van der Waals surface area contributed by atoms with Gasteiger partial charge in [0.25, 0.3) is 0 Å². The average molecular weight is 158 g/mol. The lowest BCUT2D eigenvalue weighted by Gasteiger charge is -1.86. The van der Waals surface area contributed by atoms with Gasteiger partial charge in [-0.2, -0.15) is 8.42 Å². The molecule has 1 aromatic rings. The zero-order chi connectivity index (χ0) is 7.56. The highest BCUT2D eigenvalue weighted by molar-refractivity contribution is 7.63. The summed E-state index contributed by atoms with van der Waals surface area (Å²) in [5.74, 6) is 0.585. The molecule has 0 aliphatic carbocycles. The Kier molecular flexibility index (Phi) is 1.86. The molecule has 0 saturated carbocycles. The van der Waals surface area contributed by atoms with Crippen LogP contribution in [0.3, 0.4) is 0 Å². The Hall–Kier alpha value is -1.10. The monoisotopic (exact) mass is 158 g/mol. The number of aromatic amines is 1. The molecule has 10 heavy (non-hydrogen) atoms. The minimum absolute atomic E-state index is 0.160. The van der Waals surface area contributed by atoms with E-state index in [1.807, 2.05) is 0 Å². The van der Waals surface area contributed by atoms with Crippen LogP contribution in [0.15, 0.2) is 12.3 Å². The zero-order valence-electron chi connectivity index (χ0n) is 5.33. The molecule has 0 aliphatic rings. The molecule has 1 aromatic heterocycles. The van der Waals surface area contributed by atoms with Crippen molar-refractivity contribution in [3.63, 3.8) is 0 Å². The van der Waals surface area contributed by atoms with Crippen molar-refractivity contribution in [2.45, 2.75) is 6.92 Å². The van der Waals surface area contributed by atoms with E-state index in [1.54, 1.807) is 6.92 Å². The predicted molar refractivity (Wildman–Crippen MR) is 35.5 cm³/mol. The van der Waals surface area contributed by atoms with E-state index in [1.165, 1.54) is 12.3 Å². The third kappa shape index (κ3) is 1.44. The smallest absolute Gasteiger partial charge is 0.238 e. The SMILES string of the molecule is Cc1nccc(=S(=O)=O)[nH]1. The Labute approximate surface area is 59.1 Å². The van der Waals surface area contributed by atoms with Gasteiger partial charge in [-0.3, -0.25) is 0 Å². The van der Waals surface area contributed by atoms with Gasteiger partial charge in [-0.05, 0) is 13.0 Å². The molecule has 5 heteroatoms. The van der Waals surface area contributed by atoms with Crippen molar-refractivity contribution in [2.75, 3.05) is 0 Å². The molecule has 1 rings (SSSR count). The zero-order valence-corrected chi connectivity index (χ0v) is 6.14. The van der Waals surface area contributed by atoms with Crippen molar-refractivity contribution in [3.05, 3.63) is 22.7 Å². The van der Waals surface area contributed by atoms with Gasteiger partial charge in [-0.25, -0.2) is 4.98 Å². The van der Waals surface area contributed by atoms with Crippen LogP contribution in [-0.2, 0) is 10.3 Å². The first-order valence-corrected chi connectivity index (χ1v) is 3.72. The molecule has 54 valence electrons. The van der Waals surface area contributed by atoms with Crippen LogP contribution in [-0.4, -0.2) is 18.4 Å². The molecule has 0 aromatic carbocycles. The van der Waals surface area contributed by atoms with Gasteiger partial charge in [0.15, 0.2) is 4.64 Å². The molecule has 1 heterocycles. The van der Waals surface area contributed by atoms with Crippen molar-refractivity contribution in [1.29, 1.82) is 0 Å². The Balaban J connectivity index is 3.65. The fourth-order valence-electron chi connectivity index (χ4n) is 0.566. The molecule has 1 N–H and O–H groups in total. The van der Waals surface area contributed by atoms with E-state index in [9.17, 15) is 8.42 Å². The van der Waals surface area contributed by atoms with E-state index in [4.69, 9.17) is 0 Å². The van der Waals surface area contributed by atoms with E-state index >= 15 is 0 Å². The van der Waals surface area contributed by atoms with Gasteiger partial charge in [0.2, 0.25) is 10.3 Å². The number of nitrogens with zero attached hydrogens (tertiary/aromatic N) is 1. The van der Waals surface area contributed by atoms with Gasteiger partial charge in [-0.1, -0.05) is 0 Å². The maximum Gasteiger partial charge on any atom is 0.238 e. The number of rotatable bonds is 0. The highest BCUT2D eigenvalue weighted by Crippen LogP contribution is 1.83. The van der Waals surface area contributed by atoms with E-state index < -0.39 is 10.3 Å². The number of hydrogen-bond acceptors (Lipinski definition) is 3. The summed E-state index contributed by atoms with van der Waals surface area (Å²) in [6.45, 7) is 1.69. The Morgan fingerprint density at radius 3 is 2.70 bits per heavy atom. The van der Waals surface area contributed by atoms with Crippen LogP contribution in [0, 0.1) is 11.6 Å². The summed E-state index contributed by atoms with van der Waals surface area (Å²) in [6.07, 6.45) is 1.44. The largest absolute Gasteiger partial charge is 0.331 e. The molecule has 0 fully saturated rings.